The third-order valence-corrected chi connectivity index (χ3v) is 5.22. The molecule has 0 radical (unpaired) electrons. The summed E-state index contributed by atoms with van der Waals surface area (Å²) >= 11 is 0. The fourth-order valence-corrected chi connectivity index (χ4v) is 3.91. The van der Waals surface area contributed by atoms with Crippen LogP contribution in [0.5, 0.6) is 0 Å². The average Bonchev–Trinajstić information content (AvgIpc) is 2.71. The van der Waals surface area contributed by atoms with E-state index in [9.17, 15) is 14.4 Å². The number of benzene rings is 2. The Morgan fingerprint density at radius 2 is 1.73 bits per heavy atom. The molecule has 1 N–H and O–H groups in total. The molecule has 1 saturated heterocycles. The van der Waals surface area contributed by atoms with Crippen LogP contribution in [-0.2, 0) is 9.53 Å². The van der Waals surface area contributed by atoms with Crippen LogP contribution in [0.4, 0.5) is 5.69 Å². The van der Waals surface area contributed by atoms with Crippen molar-refractivity contribution in [2.45, 2.75) is 27.2 Å². The fraction of sp³-hybridized carbons (Fsp3) is 0.375. The van der Waals surface area contributed by atoms with Gasteiger partial charge in [0.2, 0.25) is 0 Å². The lowest BCUT2D eigenvalue weighted by molar-refractivity contribution is -0.137. The molecule has 3 rings (SSSR count). The molecule has 0 aliphatic carbocycles. The summed E-state index contributed by atoms with van der Waals surface area (Å²) < 4.78 is 5.28. The molecule has 2 amide bonds. The van der Waals surface area contributed by atoms with Crippen LogP contribution in [-0.4, -0.2) is 42.4 Å². The van der Waals surface area contributed by atoms with E-state index in [0.29, 0.717) is 36.2 Å². The number of amides is 2. The number of para-hydroxylation sites is 1. The van der Waals surface area contributed by atoms with E-state index in [0.717, 1.165) is 12.0 Å². The van der Waals surface area contributed by atoms with Crippen LogP contribution in [0.15, 0.2) is 48.5 Å². The van der Waals surface area contributed by atoms with Gasteiger partial charge in [-0.25, -0.2) is 4.79 Å². The third-order valence-electron chi connectivity index (χ3n) is 5.22. The highest BCUT2D eigenvalue weighted by Gasteiger charge is 2.26. The number of nitrogens with zero attached hydrogens (tertiary/aromatic N) is 1. The van der Waals surface area contributed by atoms with Crippen LogP contribution in [0.1, 0.15) is 46.5 Å². The van der Waals surface area contributed by atoms with Gasteiger partial charge in [-0.15, -0.1) is 0 Å². The summed E-state index contributed by atoms with van der Waals surface area (Å²) in [6, 6.07) is 13.8. The van der Waals surface area contributed by atoms with Gasteiger partial charge in [-0.2, -0.15) is 0 Å². The van der Waals surface area contributed by atoms with Crippen molar-refractivity contribution in [2.24, 2.45) is 11.8 Å². The van der Waals surface area contributed by atoms with Crippen LogP contribution in [0.25, 0.3) is 0 Å². The number of likely N-dealkylation sites (tertiary alicyclic amines) is 1. The first kappa shape index (κ1) is 21.6. The molecule has 6 nitrogen and oxygen atoms in total. The smallest absolute Gasteiger partial charge is 0.340 e. The van der Waals surface area contributed by atoms with Crippen molar-refractivity contribution in [3.05, 3.63) is 65.2 Å². The maximum absolute atomic E-state index is 12.6. The molecule has 2 atom stereocenters. The predicted molar refractivity (Wildman–Crippen MR) is 115 cm³/mol. The van der Waals surface area contributed by atoms with Crippen molar-refractivity contribution in [1.82, 2.24) is 4.90 Å². The first-order valence-corrected chi connectivity index (χ1v) is 10.3. The molecular formula is C24H28N2O4. The number of carbonyl (C=O) groups is 3. The third kappa shape index (κ3) is 5.47. The highest BCUT2D eigenvalue weighted by molar-refractivity contribution is 6.08. The van der Waals surface area contributed by atoms with Crippen molar-refractivity contribution >= 4 is 23.5 Å². The fourth-order valence-electron chi connectivity index (χ4n) is 3.91. The zero-order valence-electron chi connectivity index (χ0n) is 17.7. The monoisotopic (exact) mass is 408 g/mol. The van der Waals surface area contributed by atoms with Crippen LogP contribution in [0.2, 0.25) is 0 Å². The van der Waals surface area contributed by atoms with Crippen molar-refractivity contribution in [1.29, 1.82) is 0 Å². The Morgan fingerprint density at radius 1 is 1.03 bits per heavy atom. The number of ether oxygens (including phenoxy) is 1. The van der Waals surface area contributed by atoms with E-state index >= 15 is 0 Å². The van der Waals surface area contributed by atoms with Gasteiger partial charge >= 0.3 is 5.97 Å². The maximum atomic E-state index is 12.6. The molecule has 2 aromatic carbocycles. The maximum Gasteiger partial charge on any atom is 0.340 e. The molecule has 2 unspecified atom stereocenters. The summed E-state index contributed by atoms with van der Waals surface area (Å²) in [6.07, 6.45) is 1.09. The number of hydrogen-bond acceptors (Lipinski definition) is 4. The van der Waals surface area contributed by atoms with Crippen LogP contribution in [0, 0.1) is 18.8 Å². The van der Waals surface area contributed by atoms with Crippen molar-refractivity contribution < 1.29 is 19.1 Å². The molecular weight excluding hydrogens is 380 g/mol. The molecule has 1 heterocycles. The SMILES string of the molecule is Cc1cccc(C(=O)Nc2ccccc2C(=O)OCC(=O)N2CC(C)CC(C)C2)c1. The molecule has 0 aromatic heterocycles. The number of rotatable bonds is 5. The van der Waals surface area contributed by atoms with Gasteiger partial charge in [-0.1, -0.05) is 43.7 Å². The Bertz CT molecular complexity index is 930. The number of carbonyl (C=O) groups excluding carboxylic acids is 3. The standard InChI is InChI=1S/C24H28N2O4/c1-16-7-6-8-19(12-16)23(28)25-21-10-5-4-9-20(21)24(29)30-15-22(27)26-13-17(2)11-18(3)14-26/h4-10,12,17-18H,11,13-15H2,1-3H3,(H,25,28). The minimum absolute atomic E-state index is 0.192. The van der Waals surface area contributed by atoms with Crippen molar-refractivity contribution in [3.63, 3.8) is 0 Å². The van der Waals surface area contributed by atoms with E-state index in [1.807, 2.05) is 13.0 Å². The van der Waals surface area contributed by atoms with Gasteiger partial charge in [0.1, 0.15) is 0 Å². The summed E-state index contributed by atoms with van der Waals surface area (Å²) in [7, 11) is 0. The van der Waals surface area contributed by atoms with Gasteiger partial charge in [-0.05, 0) is 49.4 Å². The molecule has 158 valence electrons. The van der Waals surface area contributed by atoms with E-state index in [-0.39, 0.29) is 24.0 Å². The summed E-state index contributed by atoms with van der Waals surface area (Å²) in [5.41, 5.74) is 2.03. The van der Waals surface area contributed by atoms with E-state index in [2.05, 4.69) is 19.2 Å². The van der Waals surface area contributed by atoms with E-state index in [1.165, 1.54) is 0 Å². The summed E-state index contributed by atoms with van der Waals surface area (Å²) in [5.74, 6) is -0.270. The first-order valence-electron chi connectivity index (χ1n) is 10.3. The predicted octanol–water partition coefficient (Wildman–Crippen LogP) is 3.91. The van der Waals surface area contributed by atoms with Gasteiger partial charge < -0.3 is 15.0 Å². The van der Waals surface area contributed by atoms with Crippen LogP contribution in [0.3, 0.4) is 0 Å². The summed E-state index contributed by atoms with van der Waals surface area (Å²) in [4.78, 5) is 39.4. The number of hydrogen-bond donors (Lipinski definition) is 1. The zero-order chi connectivity index (χ0) is 21.7. The second-order valence-corrected chi connectivity index (χ2v) is 8.19. The zero-order valence-corrected chi connectivity index (χ0v) is 17.7. The minimum Gasteiger partial charge on any atom is -0.452 e. The average molecular weight is 408 g/mol. The number of esters is 1. The van der Waals surface area contributed by atoms with Gasteiger partial charge in [0, 0.05) is 18.7 Å². The lowest BCUT2D eigenvalue weighted by Gasteiger charge is -2.34. The quantitative estimate of drug-likeness (QED) is 0.761. The van der Waals surface area contributed by atoms with Crippen LogP contribution >= 0.6 is 0 Å². The van der Waals surface area contributed by atoms with Crippen molar-refractivity contribution in [2.75, 3.05) is 25.0 Å². The second kappa shape index (κ2) is 9.57. The molecule has 0 bridgehead atoms. The molecule has 2 aromatic rings. The van der Waals surface area contributed by atoms with Crippen LogP contribution < -0.4 is 5.32 Å². The van der Waals surface area contributed by atoms with Crippen molar-refractivity contribution in [3.8, 4) is 0 Å². The van der Waals surface area contributed by atoms with E-state index < -0.39 is 5.97 Å². The number of piperidine rings is 1. The van der Waals surface area contributed by atoms with E-state index in [1.54, 1.807) is 47.4 Å². The summed E-state index contributed by atoms with van der Waals surface area (Å²) in [5, 5.41) is 2.76. The Balaban J connectivity index is 1.64. The lowest BCUT2D eigenvalue weighted by atomic mass is 9.92. The highest BCUT2D eigenvalue weighted by atomic mass is 16.5. The first-order chi connectivity index (χ1) is 14.3. The molecule has 30 heavy (non-hydrogen) atoms. The van der Waals surface area contributed by atoms with Gasteiger partial charge in [0.15, 0.2) is 6.61 Å². The normalized spacial score (nSPS) is 18.6. The molecule has 6 heteroatoms. The summed E-state index contributed by atoms with van der Waals surface area (Å²) in [6.45, 7) is 7.21. The molecule has 1 aliphatic rings. The number of nitrogens with one attached hydrogen (secondary N) is 1. The van der Waals surface area contributed by atoms with E-state index in [4.69, 9.17) is 4.74 Å². The molecule has 0 spiro atoms. The Kier molecular flexibility index (Phi) is 6.87. The minimum atomic E-state index is -0.637. The molecule has 1 aliphatic heterocycles. The topological polar surface area (TPSA) is 75.7 Å². The highest BCUT2D eigenvalue weighted by Crippen LogP contribution is 2.21. The molecule has 0 saturated carbocycles. The molecule has 1 fully saturated rings. The lowest BCUT2D eigenvalue weighted by Crippen LogP contribution is -2.44. The largest absolute Gasteiger partial charge is 0.452 e. The Hall–Kier alpha value is -3.15. The Morgan fingerprint density at radius 3 is 2.43 bits per heavy atom. The number of aryl methyl sites for hydroxylation is 1. The van der Waals surface area contributed by atoms with Gasteiger partial charge in [0.05, 0.1) is 11.3 Å². The van der Waals surface area contributed by atoms with Gasteiger partial charge in [0.25, 0.3) is 11.8 Å². The Labute approximate surface area is 177 Å². The second-order valence-electron chi connectivity index (χ2n) is 8.19. The van der Waals surface area contributed by atoms with Gasteiger partial charge in [-0.3, -0.25) is 9.59 Å². The number of anilines is 1.